The van der Waals surface area contributed by atoms with Crippen molar-refractivity contribution in [2.24, 2.45) is 5.41 Å². The van der Waals surface area contributed by atoms with Gasteiger partial charge in [0.2, 0.25) is 5.69 Å². The fourth-order valence-electron chi connectivity index (χ4n) is 5.63. The first-order valence-electron chi connectivity index (χ1n) is 13.7. The second kappa shape index (κ2) is 9.50. The first-order chi connectivity index (χ1) is 18.6. The molecule has 5 aromatic rings. The summed E-state index contributed by atoms with van der Waals surface area (Å²) < 4.78 is 49.1. The van der Waals surface area contributed by atoms with E-state index in [1.807, 2.05) is 19.1 Å². The molecule has 2 nitrogen and oxygen atoms in total. The summed E-state index contributed by atoms with van der Waals surface area (Å²) in [4.78, 5) is 0. The third kappa shape index (κ3) is 4.70. The maximum atomic E-state index is 13.4. The number of alkyl halides is 3. The molecule has 0 aliphatic heterocycles. The van der Waals surface area contributed by atoms with Crippen molar-refractivity contribution in [2.75, 3.05) is 0 Å². The van der Waals surface area contributed by atoms with Crippen LogP contribution < -0.4 is 4.57 Å². The lowest BCUT2D eigenvalue weighted by Crippen LogP contribution is -2.36. The Morgan fingerprint density at radius 3 is 1.95 bits per heavy atom. The number of hydrogen-bond acceptors (Lipinski definition) is 1. The topological polar surface area (TPSA) is 17.0 Å². The molecule has 0 fully saturated rings. The highest BCUT2D eigenvalue weighted by atomic mass is 19.4. The number of halogens is 3. The normalized spacial score (nSPS) is 13.0. The van der Waals surface area contributed by atoms with Gasteiger partial charge in [-0.25, -0.2) is 0 Å². The molecule has 0 saturated carbocycles. The number of nitrogens with zero attached hydrogens (tertiary/aromatic N) is 1. The minimum atomic E-state index is -4.26. The van der Waals surface area contributed by atoms with Crippen molar-refractivity contribution in [1.82, 2.24) is 0 Å². The Bertz CT molecular complexity index is 1730. The molecular weight excluding hydrogens is 507 g/mol. The van der Waals surface area contributed by atoms with Crippen LogP contribution in [-0.4, -0.2) is 6.18 Å². The van der Waals surface area contributed by atoms with Crippen molar-refractivity contribution in [1.29, 1.82) is 0 Å². The zero-order valence-corrected chi connectivity index (χ0v) is 24.5. The van der Waals surface area contributed by atoms with Crippen LogP contribution in [-0.2, 0) is 11.8 Å². The summed E-state index contributed by atoms with van der Waals surface area (Å²) in [5.74, 6) is 0.727. The van der Waals surface area contributed by atoms with E-state index >= 15 is 0 Å². The van der Waals surface area contributed by atoms with E-state index in [1.165, 1.54) is 35.7 Å². The van der Waals surface area contributed by atoms with Gasteiger partial charge in [0.1, 0.15) is 5.76 Å². The largest absolute Gasteiger partial charge is 0.403 e. The van der Waals surface area contributed by atoms with E-state index in [2.05, 4.69) is 81.7 Å². The highest BCUT2D eigenvalue weighted by molar-refractivity contribution is 5.92. The van der Waals surface area contributed by atoms with E-state index < -0.39 is 11.6 Å². The smallest absolute Gasteiger partial charge is 0.394 e. The molecule has 0 N–H and O–H groups in total. The summed E-state index contributed by atoms with van der Waals surface area (Å²) in [5, 5.41) is 3.48. The van der Waals surface area contributed by atoms with Crippen LogP contribution in [0.15, 0.2) is 71.1 Å². The van der Waals surface area contributed by atoms with E-state index in [0.717, 1.165) is 39.4 Å². The molecule has 0 amide bonds. The van der Waals surface area contributed by atoms with Crippen LogP contribution in [0.4, 0.5) is 13.2 Å². The molecule has 208 valence electrons. The van der Waals surface area contributed by atoms with Crippen molar-refractivity contribution >= 4 is 21.9 Å². The summed E-state index contributed by atoms with van der Waals surface area (Å²) in [6.07, 6.45) is -4.34. The summed E-state index contributed by atoms with van der Waals surface area (Å²) in [6.45, 7) is 15.5. The van der Waals surface area contributed by atoms with Gasteiger partial charge in [-0.1, -0.05) is 83.1 Å². The third-order valence-corrected chi connectivity index (χ3v) is 8.19. The van der Waals surface area contributed by atoms with Gasteiger partial charge in [-0.2, -0.15) is 13.2 Å². The molecule has 0 spiro atoms. The van der Waals surface area contributed by atoms with Crippen molar-refractivity contribution < 1.29 is 22.2 Å². The zero-order valence-electron chi connectivity index (χ0n) is 24.5. The van der Waals surface area contributed by atoms with Gasteiger partial charge in [-0.15, -0.1) is 4.57 Å². The Labute approximate surface area is 234 Å². The first kappa shape index (κ1) is 27.9. The molecule has 0 saturated heterocycles. The van der Waals surface area contributed by atoms with Crippen LogP contribution in [0, 0.1) is 26.2 Å². The Balaban J connectivity index is 1.67. The van der Waals surface area contributed by atoms with E-state index in [9.17, 15) is 13.2 Å². The van der Waals surface area contributed by atoms with Crippen LogP contribution >= 0.6 is 0 Å². The summed E-state index contributed by atoms with van der Waals surface area (Å²) in [5.41, 5.74) is 5.98. The van der Waals surface area contributed by atoms with Gasteiger partial charge in [-0.3, -0.25) is 0 Å². The standard InChI is InChI=1S/C35H37F3NO/c1-21-13-18-27-23(3)31(25-16-14-24(15-17-25)20-34(7,8)35(36,37)38)40-32(27)39(21)30-19-29(33(4,5)6)28-12-10-9-11-26(28)22(30)2/h9-19H,20H2,1-8H3/q+1. The lowest BCUT2D eigenvalue weighted by atomic mass is 9.82. The predicted molar refractivity (Wildman–Crippen MR) is 157 cm³/mol. The Kier molecular flexibility index (Phi) is 6.64. The molecular formula is C35H37F3NO+. The monoisotopic (exact) mass is 544 g/mol. The molecule has 2 heterocycles. The molecule has 0 atom stereocenters. The average Bonchev–Trinajstić information content (AvgIpc) is 3.20. The number of hydrogen-bond donors (Lipinski definition) is 0. The van der Waals surface area contributed by atoms with Gasteiger partial charge in [0, 0.05) is 35.7 Å². The lowest BCUT2D eigenvalue weighted by molar-refractivity contribution is -0.582. The number of pyridine rings is 1. The first-order valence-corrected chi connectivity index (χ1v) is 13.7. The van der Waals surface area contributed by atoms with Crippen molar-refractivity contribution in [2.45, 2.75) is 73.4 Å². The van der Waals surface area contributed by atoms with Crippen LogP contribution in [0.25, 0.3) is 38.9 Å². The second-order valence-corrected chi connectivity index (χ2v) is 12.7. The molecule has 0 unspecified atom stereocenters. The SMILES string of the molecule is Cc1c(-[n+]2c(C)ccc3c(C)c(-c4ccc(CC(C)(C)C(F)(F)F)cc4)oc32)cc(C(C)(C)C)c2ccccc12. The number of fused-ring (bicyclic) bond motifs is 2. The predicted octanol–water partition coefficient (Wildman–Crippen LogP) is 9.88. The molecule has 5 heteroatoms. The quantitative estimate of drug-likeness (QED) is 0.206. The Hall–Kier alpha value is -3.60. The highest BCUT2D eigenvalue weighted by Gasteiger charge is 2.47. The average molecular weight is 545 g/mol. The van der Waals surface area contributed by atoms with Gasteiger partial charge in [0.25, 0.3) is 0 Å². The molecule has 0 radical (unpaired) electrons. The molecule has 40 heavy (non-hydrogen) atoms. The highest BCUT2D eigenvalue weighted by Crippen LogP contribution is 2.41. The van der Waals surface area contributed by atoms with Crippen LogP contribution in [0.5, 0.6) is 0 Å². The molecule has 3 aromatic carbocycles. The van der Waals surface area contributed by atoms with Gasteiger partial charge >= 0.3 is 11.9 Å². The molecule has 0 aliphatic carbocycles. The van der Waals surface area contributed by atoms with E-state index in [4.69, 9.17) is 4.42 Å². The Morgan fingerprint density at radius 1 is 0.725 bits per heavy atom. The van der Waals surface area contributed by atoms with E-state index in [-0.39, 0.29) is 11.8 Å². The molecule has 5 rings (SSSR count). The van der Waals surface area contributed by atoms with Gasteiger partial charge < -0.3 is 4.42 Å². The minimum absolute atomic E-state index is 0.0585. The fourth-order valence-corrected chi connectivity index (χ4v) is 5.63. The number of furan rings is 1. The summed E-state index contributed by atoms with van der Waals surface area (Å²) in [7, 11) is 0. The number of rotatable bonds is 4. The molecule has 0 aliphatic rings. The van der Waals surface area contributed by atoms with Gasteiger partial charge in [0.15, 0.2) is 5.69 Å². The van der Waals surface area contributed by atoms with Gasteiger partial charge in [0.05, 0.1) is 10.8 Å². The number of aryl methyl sites for hydroxylation is 3. The minimum Gasteiger partial charge on any atom is -0.403 e. The van der Waals surface area contributed by atoms with E-state index in [1.54, 1.807) is 12.1 Å². The van der Waals surface area contributed by atoms with Crippen LogP contribution in [0.3, 0.4) is 0 Å². The Morgan fingerprint density at radius 2 is 1.35 bits per heavy atom. The number of aromatic nitrogens is 1. The summed E-state index contributed by atoms with van der Waals surface area (Å²) in [6, 6.07) is 22.3. The fraction of sp³-hybridized carbons (Fsp3) is 0.343. The lowest BCUT2D eigenvalue weighted by Gasteiger charge is -2.27. The number of benzene rings is 3. The third-order valence-electron chi connectivity index (χ3n) is 8.19. The van der Waals surface area contributed by atoms with E-state index in [0.29, 0.717) is 5.56 Å². The van der Waals surface area contributed by atoms with Crippen LogP contribution in [0.1, 0.15) is 62.6 Å². The molecule has 2 aromatic heterocycles. The maximum absolute atomic E-state index is 13.4. The van der Waals surface area contributed by atoms with Gasteiger partial charge in [-0.05, 0) is 53.6 Å². The van der Waals surface area contributed by atoms with Crippen molar-refractivity contribution in [3.05, 3.63) is 94.7 Å². The van der Waals surface area contributed by atoms with Crippen LogP contribution in [0.2, 0.25) is 0 Å². The maximum Gasteiger partial charge on any atom is 0.394 e. The zero-order chi connectivity index (χ0) is 29.2. The second-order valence-electron chi connectivity index (χ2n) is 12.7. The molecule has 0 bridgehead atoms. The van der Waals surface area contributed by atoms with Crippen molar-refractivity contribution in [3.63, 3.8) is 0 Å². The summed E-state index contributed by atoms with van der Waals surface area (Å²) >= 11 is 0. The van der Waals surface area contributed by atoms with Crippen molar-refractivity contribution in [3.8, 4) is 17.0 Å².